The number of hydrogen-bond acceptors (Lipinski definition) is 9. The smallest absolute Gasteiger partial charge is 0.328 e. The molecule has 3 rings (SSSR count). The molecule has 1 amide bonds. The van der Waals surface area contributed by atoms with Crippen LogP contribution in [0.25, 0.3) is 11.5 Å². The lowest BCUT2D eigenvalue weighted by atomic mass is 10.1. The highest BCUT2D eigenvalue weighted by Gasteiger charge is 2.22. The number of ether oxygens (including phenoxy) is 1. The number of amides is 1. The Kier molecular flexibility index (Phi) is 7.33. The molecule has 0 bridgehead atoms. The van der Waals surface area contributed by atoms with Crippen LogP contribution in [-0.2, 0) is 20.7 Å². The number of methoxy groups -OCH3 is 1. The van der Waals surface area contributed by atoms with Gasteiger partial charge in [0, 0.05) is 24.1 Å². The van der Waals surface area contributed by atoms with Gasteiger partial charge in [-0.05, 0) is 11.6 Å². The van der Waals surface area contributed by atoms with Gasteiger partial charge in [-0.25, -0.2) is 4.79 Å². The van der Waals surface area contributed by atoms with E-state index in [2.05, 4.69) is 15.5 Å². The average molecular weight is 442 g/mol. The van der Waals surface area contributed by atoms with E-state index in [0.717, 1.165) is 17.3 Å². The molecule has 1 N–H and O–H groups in total. The van der Waals surface area contributed by atoms with Gasteiger partial charge in [-0.15, -0.1) is 10.2 Å². The molecule has 0 aliphatic rings. The topological polar surface area (TPSA) is 137 Å². The van der Waals surface area contributed by atoms with Crippen molar-refractivity contribution in [3.05, 3.63) is 70.3 Å². The Hall–Kier alpha value is -3.73. The number of thioether (sulfide) groups is 1. The minimum Gasteiger partial charge on any atom is -0.467 e. The zero-order valence-electron chi connectivity index (χ0n) is 16.4. The van der Waals surface area contributed by atoms with Crippen molar-refractivity contribution in [1.82, 2.24) is 15.5 Å². The Morgan fingerprint density at radius 1 is 1.19 bits per heavy atom. The molecule has 0 fully saturated rings. The number of aromatic nitrogens is 2. The van der Waals surface area contributed by atoms with Gasteiger partial charge in [-0.2, -0.15) is 0 Å². The van der Waals surface area contributed by atoms with E-state index in [0.29, 0.717) is 12.0 Å². The van der Waals surface area contributed by atoms with Crippen LogP contribution in [0.5, 0.6) is 0 Å². The molecule has 10 nitrogen and oxygen atoms in total. The molecule has 0 unspecified atom stereocenters. The largest absolute Gasteiger partial charge is 0.467 e. The normalized spacial score (nSPS) is 11.5. The number of nitro groups is 1. The maximum Gasteiger partial charge on any atom is 0.328 e. The Bertz CT molecular complexity index is 1070. The first kappa shape index (κ1) is 22.0. The maximum atomic E-state index is 12.3. The number of non-ortho nitro benzene ring substituents is 1. The summed E-state index contributed by atoms with van der Waals surface area (Å²) in [4.78, 5) is 34.7. The van der Waals surface area contributed by atoms with Gasteiger partial charge in [0.25, 0.3) is 10.9 Å². The quantitative estimate of drug-likeness (QED) is 0.229. The highest BCUT2D eigenvalue weighted by atomic mass is 32.2. The Labute approximate surface area is 181 Å². The van der Waals surface area contributed by atoms with Crippen LogP contribution < -0.4 is 5.32 Å². The van der Waals surface area contributed by atoms with Gasteiger partial charge in [-0.3, -0.25) is 14.9 Å². The van der Waals surface area contributed by atoms with Gasteiger partial charge < -0.3 is 14.5 Å². The zero-order valence-corrected chi connectivity index (χ0v) is 17.2. The molecule has 0 saturated heterocycles. The molecule has 0 spiro atoms. The summed E-state index contributed by atoms with van der Waals surface area (Å²) in [5.74, 6) is -0.929. The second-order valence-electron chi connectivity index (χ2n) is 6.30. The molecule has 1 aromatic heterocycles. The summed E-state index contributed by atoms with van der Waals surface area (Å²) < 4.78 is 10.2. The third-order valence-electron chi connectivity index (χ3n) is 4.14. The summed E-state index contributed by atoms with van der Waals surface area (Å²) >= 11 is 0.984. The zero-order chi connectivity index (χ0) is 22.2. The Balaban J connectivity index is 1.59. The molecule has 11 heteroatoms. The average Bonchev–Trinajstić information content (AvgIpc) is 3.26. The van der Waals surface area contributed by atoms with Gasteiger partial charge in [0.15, 0.2) is 0 Å². The van der Waals surface area contributed by atoms with E-state index in [1.807, 2.05) is 30.3 Å². The SMILES string of the molecule is COC(=O)[C@H](Cc1ccccc1)NC(=O)CSc1nnc(-c2cccc([N+](=O)[O-])c2)o1. The van der Waals surface area contributed by atoms with Gasteiger partial charge in [0.05, 0.1) is 17.8 Å². The molecule has 2 aromatic carbocycles. The molecule has 0 radical (unpaired) electrons. The van der Waals surface area contributed by atoms with Crippen molar-refractivity contribution >= 4 is 29.3 Å². The summed E-state index contributed by atoms with van der Waals surface area (Å²) in [5, 5.41) is 21.4. The Morgan fingerprint density at radius 2 is 1.97 bits per heavy atom. The van der Waals surface area contributed by atoms with Crippen molar-refractivity contribution in [2.24, 2.45) is 0 Å². The van der Waals surface area contributed by atoms with E-state index in [4.69, 9.17) is 9.15 Å². The first-order valence-corrected chi connectivity index (χ1v) is 10.1. The minimum atomic E-state index is -0.830. The van der Waals surface area contributed by atoms with Crippen molar-refractivity contribution < 1.29 is 23.7 Å². The number of nitrogens with one attached hydrogen (secondary N) is 1. The first-order valence-electron chi connectivity index (χ1n) is 9.08. The molecule has 160 valence electrons. The molecule has 0 aliphatic carbocycles. The monoisotopic (exact) mass is 442 g/mol. The number of hydrogen-bond donors (Lipinski definition) is 1. The van der Waals surface area contributed by atoms with Gasteiger partial charge in [0.1, 0.15) is 6.04 Å². The number of carbonyl (C=O) groups is 2. The summed E-state index contributed by atoms with van der Waals surface area (Å²) in [6, 6.07) is 14.2. The van der Waals surface area contributed by atoms with Crippen molar-refractivity contribution in [2.45, 2.75) is 17.7 Å². The molecule has 3 aromatic rings. The molecule has 0 aliphatic heterocycles. The van der Waals surface area contributed by atoms with Gasteiger partial charge >= 0.3 is 5.97 Å². The standard InChI is InChI=1S/C20H18N4O6S/c1-29-19(26)16(10-13-6-3-2-4-7-13)21-17(25)12-31-20-23-22-18(30-20)14-8-5-9-15(11-14)24(27)28/h2-9,11,16H,10,12H2,1H3,(H,21,25)/t16-/m0/s1. The van der Waals surface area contributed by atoms with E-state index in [9.17, 15) is 19.7 Å². The predicted octanol–water partition coefficient (Wildman–Crippen LogP) is 2.64. The summed E-state index contributed by atoms with van der Waals surface area (Å²) in [7, 11) is 1.26. The maximum absolute atomic E-state index is 12.3. The number of carbonyl (C=O) groups excluding carboxylic acids is 2. The van der Waals surface area contributed by atoms with Crippen LogP contribution in [0.15, 0.2) is 64.2 Å². The second-order valence-corrected chi connectivity index (χ2v) is 7.23. The van der Waals surface area contributed by atoms with Gasteiger partial charge in [-0.1, -0.05) is 48.2 Å². The first-order chi connectivity index (χ1) is 15.0. The third kappa shape index (κ3) is 6.12. The van der Waals surface area contributed by atoms with Crippen molar-refractivity contribution in [1.29, 1.82) is 0 Å². The van der Waals surface area contributed by atoms with E-state index < -0.39 is 22.8 Å². The second kappa shape index (κ2) is 10.3. The lowest BCUT2D eigenvalue weighted by Crippen LogP contribution is -2.43. The molecule has 1 heterocycles. The molecular weight excluding hydrogens is 424 g/mol. The number of nitro benzene ring substituents is 1. The third-order valence-corrected chi connectivity index (χ3v) is 4.96. The highest BCUT2D eigenvalue weighted by molar-refractivity contribution is 7.99. The summed E-state index contributed by atoms with van der Waals surface area (Å²) in [6.45, 7) is 0. The van der Waals surface area contributed by atoms with Gasteiger partial charge in [0.2, 0.25) is 11.8 Å². The van der Waals surface area contributed by atoms with Crippen LogP contribution in [0.2, 0.25) is 0 Å². The van der Waals surface area contributed by atoms with E-state index in [1.54, 1.807) is 6.07 Å². The fraction of sp³-hybridized carbons (Fsp3) is 0.200. The van der Waals surface area contributed by atoms with E-state index in [1.165, 1.54) is 25.3 Å². The predicted molar refractivity (Wildman–Crippen MR) is 111 cm³/mol. The fourth-order valence-electron chi connectivity index (χ4n) is 2.69. The fourth-order valence-corrected chi connectivity index (χ4v) is 3.26. The van der Waals surface area contributed by atoms with E-state index in [-0.39, 0.29) is 22.6 Å². The Morgan fingerprint density at radius 3 is 2.68 bits per heavy atom. The van der Waals surface area contributed by atoms with Crippen molar-refractivity contribution in [2.75, 3.05) is 12.9 Å². The van der Waals surface area contributed by atoms with Crippen LogP contribution in [-0.4, -0.2) is 45.9 Å². The number of nitrogens with zero attached hydrogens (tertiary/aromatic N) is 3. The van der Waals surface area contributed by atoms with Crippen LogP contribution >= 0.6 is 11.8 Å². The van der Waals surface area contributed by atoms with Crippen LogP contribution in [0.4, 0.5) is 5.69 Å². The number of benzene rings is 2. The summed E-state index contributed by atoms with van der Waals surface area (Å²) in [5.41, 5.74) is 1.17. The summed E-state index contributed by atoms with van der Waals surface area (Å²) in [6.07, 6.45) is 0.293. The highest BCUT2D eigenvalue weighted by Crippen LogP contribution is 2.25. The van der Waals surface area contributed by atoms with Crippen molar-refractivity contribution in [3.63, 3.8) is 0 Å². The van der Waals surface area contributed by atoms with Crippen LogP contribution in [0.1, 0.15) is 5.56 Å². The molecule has 0 saturated carbocycles. The molecular formula is C20H18N4O6S. The number of rotatable bonds is 9. The molecule has 1 atom stereocenters. The van der Waals surface area contributed by atoms with Crippen LogP contribution in [0, 0.1) is 10.1 Å². The lowest BCUT2D eigenvalue weighted by Gasteiger charge is -2.16. The van der Waals surface area contributed by atoms with E-state index >= 15 is 0 Å². The molecule has 31 heavy (non-hydrogen) atoms. The minimum absolute atomic E-state index is 0.0706. The lowest BCUT2D eigenvalue weighted by molar-refractivity contribution is -0.384. The number of esters is 1. The van der Waals surface area contributed by atoms with Crippen LogP contribution in [0.3, 0.4) is 0 Å². The van der Waals surface area contributed by atoms with Crippen molar-refractivity contribution in [3.8, 4) is 11.5 Å².